The fourth-order valence-electron chi connectivity index (χ4n) is 2.80. The molecule has 0 aliphatic heterocycles. The van der Waals surface area contributed by atoms with Crippen molar-refractivity contribution in [3.05, 3.63) is 34.8 Å². The first-order valence-electron chi connectivity index (χ1n) is 7.19. The number of nitrogens with zero attached hydrogens (tertiary/aromatic N) is 1. The van der Waals surface area contributed by atoms with E-state index in [9.17, 15) is 0 Å². The predicted octanol–water partition coefficient (Wildman–Crippen LogP) is 3.81. The Balaban J connectivity index is 2.00. The molecule has 20 heavy (non-hydrogen) atoms. The van der Waals surface area contributed by atoms with Gasteiger partial charge in [-0.15, -0.1) is 11.3 Å². The summed E-state index contributed by atoms with van der Waals surface area (Å²) in [6.07, 6.45) is 3.60. The summed E-state index contributed by atoms with van der Waals surface area (Å²) >= 11 is 1.82. The molecule has 1 aromatic heterocycles. The van der Waals surface area contributed by atoms with E-state index in [-0.39, 0.29) is 0 Å². The molecule has 1 heterocycles. The fraction of sp³-hybridized carbons (Fsp3) is 0.438. The second-order valence-electron chi connectivity index (χ2n) is 5.03. The summed E-state index contributed by atoms with van der Waals surface area (Å²) in [7, 11) is 1.72. The smallest absolute Gasteiger partial charge is 0.129 e. The highest BCUT2D eigenvalue weighted by atomic mass is 32.1. The SMILES string of the molecule is CCNC1CCCc2sc(-c3ccccc3OC)nc21. The lowest BCUT2D eigenvalue weighted by Gasteiger charge is -2.21. The monoisotopic (exact) mass is 288 g/mol. The Bertz CT molecular complexity index is 594. The number of rotatable bonds is 4. The van der Waals surface area contributed by atoms with Gasteiger partial charge in [-0.25, -0.2) is 4.98 Å². The van der Waals surface area contributed by atoms with Crippen LogP contribution in [0, 0.1) is 0 Å². The van der Waals surface area contributed by atoms with Crippen LogP contribution in [0.3, 0.4) is 0 Å². The van der Waals surface area contributed by atoms with Crippen molar-refractivity contribution >= 4 is 11.3 Å². The molecule has 0 spiro atoms. The van der Waals surface area contributed by atoms with Crippen molar-refractivity contribution < 1.29 is 4.74 Å². The highest BCUT2D eigenvalue weighted by Gasteiger charge is 2.25. The van der Waals surface area contributed by atoms with Gasteiger partial charge in [0.15, 0.2) is 0 Å². The van der Waals surface area contributed by atoms with Gasteiger partial charge in [0.25, 0.3) is 0 Å². The topological polar surface area (TPSA) is 34.1 Å². The Kier molecular flexibility index (Phi) is 4.03. The second kappa shape index (κ2) is 5.94. The fourth-order valence-corrected chi connectivity index (χ4v) is 3.99. The third kappa shape index (κ3) is 2.45. The van der Waals surface area contributed by atoms with Crippen LogP contribution < -0.4 is 10.1 Å². The third-order valence-corrected chi connectivity index (χ3v) is 4.91. The van der Waals surface area contributed by atoms with Crippen LogP contribution in [0.2, 0.25) is 0 Å². The van der Waals surface area contributed by atoms with Crippen LogP contribution in [0.15, 0.2) is 24.3 Å². The van der Waals surface area contributed by atoms with Crippen molar-refractivity contribution in [3.63, 3.8) is 0 Å². The Labute approximate surface area is 124 Å². The average molecular weight is 288 g/mol. The number of thiazole rings is 1. The zero-order valence-corrected chi connectivity index (χ0v) is 12.8. The van der Waals surface area contributed by atoms with Gasteiger partial charge in [0.2, 0.25) is 0 Å². The van der Waals surface area contributed by atoms with Gasteiger partial charge in [-0.1, -0.05) is 19.1 Å². The van der Waals surface area contributed by atoms with E-state index in [4.69, 9.17) is 9.72 Å². The minimum Gasteiger partial charge on any atom is -0.496 e. The normalized spacial score (nSPS) is 17.8. The summed E-state index contributed by atoms with van der Waals surface area (Å²) < 4.78 is 5.46. The molecule has 3 nitrogen and oxygen atoms in total. The van der Waals surface area contributed by atoms with Crippen molar-refractivity contribution in [2.24, 2.45) is 0 Å². The van der Waals surface area contributed by atoms with E-state index in [1.54, 1.807) is 7.11 Å². The number of aromatic nitrogens is 1. The Morgan fingerprint density at radius 3 is 3.05 bits per heavy atom. The quantitative estimate of drug-likeness (QED) is 0.929. The van der Waals surface area contributed by atoms with Crippen molar-refractivity contribution in [1.29, 1.82) is 0 Å². The van der Waals surface area contributed by atoms with Crippen molar-refractivity contribution in [3.8, 4) is 16.3 Å². The van der Waals surface area contributed by atoms with E-state index in [2.05, 4.69) is 18.3 Å². The largest absolute Gasteiger partial charge is 0.496 e. The van der Waals surface area contributed by atoms with E-state index in [1.165, 1.54) is 23.4 Å². The zero-order chi connectivity index (χ0) is 13.9. The Morgan fingerprint density at radius 2 is 2.25 bits per heavy atom. The van der Waals surface area contributed by atoms with Gasteiger partial charge in [-0.3, -0.25) is 0 Å². The van der Waals surface area contributed by atoms with Gasteiger partial charge in [0.05, 0.1) is 24.4 Å². The van der Waals surface area contributed by atoms with Crippen LogP contribution in [0.4, 0.5) is 0 Å². The molecular weight excluding hydrogens is 268 g/mol. The summed E-state index contributed by atoms with van der Waals surface area (Å²) in [6, 6.07) is 8.55. The molecule has 1 aromatic carbocycles. The number of benzene rings is 1. The van der Waals surface area contributed by atoms with Crippen LogP contribution in [0.25, 0.3) is 10.6 Å². The van der Waals surface area contributed by atoms with Crippen LogP contribution in [0.1, 0.15) is 36.4 Å². The van der Waals surface area contributed by atoms with E-state index in [0.29, 0.717) is 6.04 Å². The highest BCUT2D eigenvalue weighted by Crippen LogP contribution is 2.39. The minimum absolute atomic E-state index is 0.420. The number of hydrogen-bond acceptors (Lipinski definition) is 4. The molecular formula is C16H20N2OS. The molecule has 1 unspecified atom stereocenters. The number of para-hydroxylation sites is 1. The van der Waals surface area contributed by atoms with Gasteiger partial charge < -0.3 is 10.1 Å². The number of nitrogens with one attached hydrogen (secondary N) is 1. The summed E-state index contributed by atoms with van der Waals surface area (Å²) in [5.41, 5.74) is 2.36. The third-order valence-electron chi connectivity index (χ3n) is 3.74. The first-order chi connectivity index (χ1) is 9.83. The zero-order valence-electron chi connectivity index (χ0n) is 12.0. The van der Waals surface area contributed by atoms with Gasteiger partial charge in [-0.2, -0.15) is 0 Å². The highest BCUT2D eigenvalue weighted by molar-refractivity contribution is 7.15. The number of aryl methyl sites for hydroxylation is 1. The van der Waals surface area contributed by atoms with Crippen molar-refractivity contribution in [2.45, 2.75) is 32.2 Å². The van der Waals surface area contributed by atoms with Crippen molar-refractivity contribution in [1.82, 2.24) is 10.3 Å². The van der Waals surface area contributed by atoms with E-state index in [0.717, 1.165) is 29.3 Å². The van der Waals surface area contributed by atoms with Crippen LogP contribution in [0.5, 0.6) is 5.75 Å². The van der Waals surface area contributed by atoms with Gasteiger partial charge >= 0.3 is 0 Å². The van der Waals surface area contributed by atoms with Crippen LogP contribution >= 0.6 is 11.3 Å². The Morgan fingerprint density at radius 1 is 1.40 bits per heavy atom. The number of methoxy groups -OCH3 is 1. The summed E-state index contributed by atoms with van der Waals surface area (Å²) in [6.45, 7) is 3.15. The number of fused-ring (bicyclic) bond motifs is 1. The van der Waals surface area contributed by atoms with E-state index in [1.807, 2.05) is 29.5 Å². The lowest BCUT2D eigenvalue weighted by atomic mass is 9.97. The van der Waals surface area contributed by atoms with Gasteiger partial charge in [0.1, 0.15) is 10.8 Å². The van der Waals surface area contributed by atoms with Gasteiger partial charge in [-0.05, 0) is 37.9 Å². The van der Waals surface area contributed by atoms with Crippen molar-refractivity contribution in [2.75, 3.05) is 13.7 Å². The Hall–Kier alpha value is -1.39. The molecule has 106 valence electrons. The average Bonchev–Trinajstić information content (AvgIpc) is 2.92. The molecule has 2 aromatic rings. The van der Waals surface area contributed by atoms with Crippen LogP contribution in [-0.2, 0) is 6.42 Å². The summed E-state index contributed by atoms with van der Waals surface area (Å²) in [5.74, 6) is 0.901. The molecule has 1 atom stereocenters. The molecule has 0 amide bonds. The molecule has 0 saturated heterocycles. The van der Waals surface area contributed by atoms with E-state index >= 15 is 0 Å². The maximum absolute atomic E-state index is 5.46. The molecule has 0 radical (unpaired) electrons. The minimum atomic E-state index is 0.420. The first kappa shape index (κ1) is 13.6. The van der Waals surface area contributed by atoms with Crippen LogP contribution in [-0.4, -0.2) is 18.6 Å². The predicted molar refractivity (Wildman–Crippen MR) is 83.5 cm³/mol. The molecule has 1 aliphatic rings. The molecule has 0 bridgehead atoms. The molecule has 4 heteroatoms. The lowest BCUT2D eigenvalue weighted by molar-refractivity contribution is 0.416. The second-order valence-corrected chi connectivity index (χ2v) is 6.11. The standard InChI is InChI=1S/C16H20N2OS/c1-3-17-12-8-6-10-14-15(12)18-16(20-14)11-7-4-5-9-13(11)19-2/h4-5,7,9,12,17H,3,6,8,10H2,1-2H3. The molecule has 3 rings (SSSR count). The lowest BCUT2D eigenvalue weighted by Crippen LogP contribution is -2.24. The molecule has 1 N–H and O–H groups in total. The molecule has 0 fully saturated rings. The van der Waals surface area contributed by atoms with Gasteiger partial charge in [0, 0.05) is 4.88 Å². The summed E-state index contributed by atoms with van der Waals surface area (Å²) in [5, 5.41) is 4.63. The van der Waals surface area contributed by atoms with E-state index < -0.39 is 0 Å². The first-order valence-corrected chi connectivity index (χ1v) is 8.01. The maximum Gasteiger partial charge on any atom is 0.129 e. The maximum atomic E-state index is 5.46. The number of ether oxygens (including phenoxy) is 1. The molecule has 1 aliphatic carbocycles. The number of hydrogen-bond donors (Lipinski definition) is 1. The summed E-state index contributed by atoms with van der Waals surface area (Å²) in [4.78, 5) is 6.34. The molecule has 0 saturated carbocycles.